The average Bonchev–Trinajstić information content (AvgIpc) is 3.30. The summed E-state index contributed by atoms with van der Waals surface area (Å²) in [5.41, 5.74) is 7.76. The number of nitrogens with one attached hydrogen (secondary N) is 1. The summed E-state index contributed by atoms with van der Waals surface area (Å²) in [4.78, 5) is 33.9. The molecule has 11 heteroatoms. The number of carbonyl (C=O) groups excluding carboxylic acids is 2. The summed E-state index contributed by atoms with van der Waals surface area (Å²) < 4.78 is 23.7. The van der Waals surface area contributed by atoms with Crippen LogP contribution in [0.1, 0.15) is 20.8 Å². The van der Waals surface area contributed by atoms with Crippen LogP contribution in [-0.2, 0) is 9.84 Å². The lowest BCUT2D eigenvalue weighted by atomic mass is 10.1. The van der Waals surface area contributed by atoms with Crippen LogP contribution in [0.25, 0.3) is 10.6 Å². The number of hydrogen-bond acceptors (Lipinski definition) is 8. The number of rotatable bonds is 6. The maximum Gasteiger partial charge on any atom is 0.275 e. The molecule has 0 spiro atoms. The Morgan fingerprint density at radius 2 is 1.82 bits per heavy atom. The van der Waals surface area contributed by atoms with Crippen molar-refractivity contribution in [3.05, 3.63) is 59.1 Å². The summed E-state index contributed by atoms with van der Waals surface area (Å²) in [7, 11) is -1.30. The molecule has 3 N–H and O–H groups in total. The van der Waals surface area contributed by atoms with Gasteiger partial charge in [-0.05, 0) is 37.4 Å². The molecule has 0 atom stereocenters. The van der Waals surface area contributed by atoms with E-state index in [1.165, 1.54) is 23.5 Å². The van der Waals surface area contributed by atoms with E-state index >= 15 is 0 Å². The summed E-state index contributed by atoms with van der Waals surface area (Å²) in [5, 5.41) is 4.82. The number of likely N-dealkylation sites (N-methyl/N-ethyl adjacent to an activating group) is 1. The number of sulfone groups is 1. The summed E-state index contributed by atoms with van der Waals surface area (Å²) in [5.74, 6) is -1.13. The van der Waals surface area contributed by atoms with Gasteiger partial charge >= 0.3 is 0 Å². The average molecular weight is 500 g/mol. The maximum atomic E-state index is 12.9. The highest BCUT2D eigenvalue weighted by Gasteiger charge is 2.20. The van der Waals surface area contributed by atoms with Gasteiger partial charge in [-0.2, -0.15) is 0 Å². The molecule has 4 rings (SSSR count). The molecule has 2 heterocycles. The fourth-order valence-electron chi connectivity index (χ4n) is 3.66. The Balaban J connectivity index is 1.54. The van der Waals surface area contributed by atoms with Crippen LogP contribution in [0.2, 0.25) is 0 Å². The zero-order chi connectivity index (χ0) is 24.5. The van der Waals surface area contributed by atoms with Gasteiger partial charge in [-0.15, -0.1) is 11.3 Å². The Bertz CT molecular complexity index is 1340. The van der Waals surface area contributed by atoms with Gasteiger partial charge in [0.15, 0.2) is 9.84 Å². The molecule has 1 aromatic heterocycles. The van der Waals surface area contributed by atoms with Gasteiger partial charge in [-0.3, -0.25) is 9.59 Å². The molecular weight excluding hydrogens is 474 g/mol. The van der Waals surface area contributed by atoms with Gasteiger partial charge in [0.1, 0.15) is 10.7 Å². The molecule has 0 unspecified atom stereocenters. The molecule has 1 saturated heterocycles. The van der Waals surface area contributed by atoms with Gasteiger partial charge in [-0.25, -0.2) is 13.4 Å². The van der Waals surface area contributed by atoms with Crippen molar-refractivity contribution < 1.29 is 18.0 Å². The molecule has 0 aliphatic carbocycles. The second-order valence-electron chi connectivity index (χ2n) is 8.18. The Morgan fingerprint density at radius 3 is 2.50 bits per heavy atom. The Kier molecular flexibility index (Phi) is 6.69. The van der Waals surface area contributed by atoms with Crippen molar-refractivity contribution >= 4 is 44.4 Å². The summed E-state index contributed by atoms with van der Waals surface area (Å²) in [6.07, 6.45) is 1.14. The third-order valence-electron chi connectivity index (χ3n) is 5.63. The van der Waals surface area contributed by atoms with Gasteiger partial charge in [0.2, 0.25) is 0 Å². The number of aromatic nitrogens is 1. The Morgan fingerprint density at radius 1 is 1.09 bits per heavy atom. The highest BCUT2D eigenvalue weighted by Crippen LogP contribution is 2.28. The number of hydrogen-bond donors (Lipinski definition) is 2. The van der Waals surface area contributed by atoms with E-state index in [1.807, 2.05) is 6.07 Å². The van der Waals surface area contributed by atoms with E-state index in [2.05, 4.69) is 27.1 Å². The van der Waals surface area contributed by atoms with Gasteiger partial charge in [0, 0.05) is 49.1 Å². The van der Waals surface area contributed by atoms with E-state index in [0.29, 0.717) is 16.3 Å². The minimum absolute atomic E-state index is 0.156. The third kappa shape index (κ3) is 5.27. The van der Waals surface area contributed by atoms with Crippen molar-refractivity contribution in [1.29, 1.82) is 0 Å². The van der Waals surface area contributed by atoms with Crippen molar-refractivity contribution in [3.63, 3.8) is 0 Å². The molecule has 1 fully saturated rings. The molecule has 2 aromatic carbocycles. The number of primary amides is 1. The van der Waals surface area contributed by atoms with Crippen LogP contribution in [0.15, 0.2) is 52.7 Å². The van der Waals surface area contributed by atoms with Gasteiger partial charge in [-0.1, -0.05) is 12.1 Å². The molecule has 9 nitrogen and oxygen atoms in total. The number of piperazine rings is 1. The van der Waals surface area contributed by atoms with Gasteiger partial charge in [0.25, 0.3) is 11.8 Å². The quantitative estimate of drug-likeness (QED) is 0.533. The SMILES string of the molecule is CN1CCN(c2ccc(NC(=O)c3csc(-c4cccc(S(C)(=O)=O)c4)n3)c(C(N)=O)c2)CC1. The van der Waals surface area contributed by atoms with Crippen molar-refractivity contribution in [2.24, 2.45) is 5.73 Å². The highest BCUT2D eigenvalue weighted by molar-refractivity contribution is 7.90. The number of amides is 2. The maximum absolute atomic E-state index is 12.9. The van der Waals surface area contributed by atoms with Crippen LogP contribution in [-0.4, -0.2) is 69.6 Å². The van der Waals surface area contributed by atoms with Crippen LogP contribution in [0.5, 0.6) is 0 Å². The number of benzene rings is 2. The molecule has 178 valence electrons. The lowest BCUT2D eigenvalue weighted by Crippen LogP contribution is -2.44. The Labute approximate surface area is 202 Å². The molecular formula is C23H25N5O4S2. The molecule has 2 amide bonds. The van der Waals surface area contributed by atoms with Crippen LogP contribution >= 0.6 is 11.3 Å². The standard InChI is InChI=1S/C23H25N5O4S2/c1-27-8-10-28(11-9-27)16-6-7-19(18(13-16)21(24)29)25-22(30)20-14-33-23(26-20)15-4-3-5-17(12-15)34(2,31)32/h3-7,12-14H,8-11H2,1-2H3,(H2,24,29)(H,25,30). The number of anilines is 2. The molecule has 0 bridgehead atoms. The largest absolute Gasteiger partial charge is 0.369 e. The molecule has 1 aliphatic heterocycles. The minimum atomic E-state index is -3.36. The molecule has 0 saturated carbocycles. The van der Waals surface area contributed by atoms with Gasteiger partial charge in [0.05, 0.1) is 16.1 Å². The van der Waals surface area contributed by atoms with Crippen molar-refractivity contribution in [2.45, 2.75) is 4.90 Å². The van der Waals surface area contributed by atoms with Crippen LogP contribution in [0, 0.1) is 0 Å². The number of carbonyl (C=O) groups is 2. The number of nitrogens with zero attached hydrogens (tertiary/aromatic N) is 3. The summed E-state index contributed by atoms with van der Waals surface area (Å²) in [6.45, 7) is 3.51. The second-order valence-corrected chi connectivity index (χ2v) is 11.1. The summed E-state index contributed by atoms with van der Waals surface area (Å²) >= 11 is 1.22. The molecule has 3 aromatic rings. The topological polar surface area (TPSA) is 126 Å². The van der Waals surface area contributed by atoms with E-state index < -0.39 is 21.7 Å². The number of nitrogens with two attached hydrogens (primary N) is 1. The van der Waals surface area contributed by atoms with E-state index in [1.54, 1.807) is 29.6 Å². The van der Waals surface area contributed by atoms with Crippen molar-refractivity contribution in [3.8, 4) is 10.6 Å². The highest BCUT2D eigenvalue weighted by atomic mass is 32.2. The lowest BCUT2D eigenvalue weighted by molar-refractivity contribution is 0.100. The zero-order valence-corrected chi connectivity index (χ0v) is 20.4. The monoisotopic (exact) mass is 499 g/mol. The second kappa shape index (κ2) is 9.53. The van der Waals surface area contributed by atoms with E-state index in [-0.39, 0.29) is 16.2 Å². The fourth-order valence-corrected chi connectivity index (χ4v) is 5.13. The van der Waals surface area contributed by atoms with E-state index in [9.17, 15) is 18.0 Å². The first-order valence-corrected chi connectivity index (χ1v) is 13.3. The van der Waals surface area contributed by atoms with Crippen molar-refractivity contribution in [2.75, 3.05) is 49.7 Å². The molecule has 34 heavy (non-hydrogen) atoms. The predicted molar refractivity (Wildman–Crippen MR) is 133 cm³/mol. The third-order valence-corrected chi connectivity index (χ3v) is 7.63. The first-order chi connectivity index (χ1) is 16.1. The molecule has 1 aliphatic rings. The van der Waals surface area contributed by atoms with E-state index in [0.717, 1.165) is 38.1 Å². The zero-order valence-electron chi connectivity index (χ0n) is 18.8. The smallest absolute Gasteiger partial charge is 0.275 e. The van der Waals surface area contributed by atoms with Crippen LogP contribution < -0.4 is 16.0 Å². The normalized spacial score (nSPS) is 14.7. The van der Waals surface area contributed by atoms with Crippen LogP contribution in [0.4, 0.5) is 11.4 Å². The Hall–Kier alpha value is -3.28. The molecule has 0 radical (unpaired) electrons. The summed E-state index contributed by atoms with van der Waals surface area (Å²) in [6, 6.07) is 11.6. The first kappa shape index (κ1) is 23.9. The van der Waals surface area contributed by atoms with Gasteiger partial charge < -0.3 is 20.9 Å². The number of thiazole rings is 1. The van der Waals surface area contributed by atoms with Crippen LogP contribution in [0.3, 0.4) is 0 Å². The fraction of sp³-hybridized carbons (Fsp3) is 0.261. The lowest BCUT2D eigenvalue weighted by Gasteiger charge is -2.34. The minimum Gasteiger partial charge on any atom is -0.369 e. The van der Waals surface area contributed by atoms with E-state index in [4.69, 9.17) is 5.73 Å². The predicted octanol–water partition coefficient (Wildman–Crippen LogP) is 2.32. The van der Waals surface area contributed by atoms with Crippen molar-refractivity contribution in [1.82, 2.24) is 9.88 Å². The first-order valence-electron chi connectivity index (χ1n) is 10.6.